The molecule has 1 unspecified atom stereocenters. The van der Waals surface area contributed by atoms with E-state index in [0.29, 0.717) is 13.0 Å². The number of nitrogens with one attached hydrogen (secondary N) is 2. The monoisotopic (exact) mass is 543 g/mol. The molecule has 3 aromatic rings. The number of nitrogen functional groups attached to an aromatic ring is 1. The molecule has 2 heterocycles. The van der Waals surface area contributed by atoms with Crippen LogP contribution in [0.1, 0.15) is 31.4 Å². The highest BCUT2D eigenvalue weighted by atomic mass is 19.4. The lowest BCUT2D eigenvalue weighted by Gasteiger charge is -2.21. The number of hydrogen-bond donors (Lipinski definition) is 3. The van der Waals surface area contributed by atoms with E-state index in [1.54, 1.807) is 20.9 Å². The maximum atomic E-state index is 16.0. The van der Waals surface area contributed by atoms with Gasteiger partial charge in [0.1, 0.15) is 34.0 Å². The van der Waals surface area contributed by atoms with Gasteiger partial charge in [0, 0.05) is 18.7 Å². The van der Waals surface area contributed by atoms with Gasteiger partial charge >= 0.3 is 12.2 Å². The average Bonchev–Trinajstić information content (AvgIpc) is 2.87. The summed E-state index contributed by atoms with van der Waals surface area (Å²) >= 11 is 0. The minimum atomic E-state index is -5.57. The summed E-state index contributed by atoms with van der Waals surface area (Å²) in [6.45, 7) is 4.08. The number of methoxy groups -OCH3 is 1. The van der Waals surface area contributed by atoms with Crippen LogP contribution in [0.2, 0.25) is 0 Å². The highest BCUT2D eigenvalue weighted by Gasteiger charge is 2.43. The number of hydrogen-bond acceptors (Lipinski definition) is 9. The molecule has 0 spiro atoms. The quantitative estimate of drug-likeness (QED) is 0.204. The number of rotatable bonds is 9. The van der Waals surface area contributed by atoms with Crippen molar-refractivity contribution < 1.29 is 35.8 Å². The Morgan fingerprint density at radius 1 is 1.08 bits per heavy atom. The molecule has 0 bridgehead atoms. The number of halogens is 6. The molecule has 1 atom stereocenters. The third-order valence-corrected chi connectivity index (χ3v) is 5.52. The predicted octanol–water partition coefficient (Wildman–Crippen LogP) is 4.40. The van der Waals surface area contributed by atoms with Crippen LogP contribution >= 0.6 is 0 Å². The zero-order valence-electron chi connectivity index (χ0n) is 20.6. The fraction of sp³-hybridized carbons (Fsp3) is 0.391. The summed E-state index contributed by atoms with van der Waals surface area (Å²) in [5.41, 5.74) is -2.40. The number of nitrogens with two attached hydrogens (primary N) is 1. The second-order valence-corrected chi connectivity index (χ2v) is 8.01. The number of fused-ring (bicyclic) bond motifs is 1. The van der Waals surface area contributed by atoms with Gasteiger partial charge in [0.05, 0.1) is 24.5 Å². The van der Waals surface area contributed by atoms with Crippen molar-refractivity contribution in [1.29, 1.82) is 5.26 Å². The van der Waals surface area contributed by atoms with Crippen LogP contribution < -0.4 is 25.8 Å². The van der Waals surface area contributed by atoms with E-state index in [4.69, 9.17) is 15.2 Å². The summed E-state index contributed by atoms with van der Waals surface area (Å²) in [5.74, 6) is -6.44. The van der Waals surface area contributed by atoms with Gasteiger partial charge < -0.3 is 25.8 Å². The van der Waals surface area contributed by atoms with Crippen LogP contribution in [-0.2, 0) is 6.18 Å². The van der Waals surface area contributed by atoms with Crippen molar-refractivity contribution in [3.63, 3.8) is 0 Å². The van der Waals surface area contributed by atoms with E-state index in [9.17, 15) is 27.2 Å². The molecule has 0 saturated heterocycles. The van der Waals surface area contributed by atoms with Crippen molar-refractivity contribution in [2.45, 2.75) is 32.5 Å². The Bertz CT molecular complexity index is 1410. The van der Waals surface area contributed by atoms with Gasteiger partial charge in [-0.25, -0.2) is 18.2 Å². The molecule has 0 amide bonds. The number of likely N-dealkylation sites (N-methyl/N-ethyl adjacent to an activating group) is 1. The van der Waals surface area contributed by atoms with Gasteiger partial charge in [-0.05, 0) is 20.4 Å². The second kappa shape index (κ2) is 11.1. The zero-order chi connectivity index (χ0) is 28.4. The van der Waals surface area contributed by atoms with Crippen LogP contribution in [0.15, 0.2) is 0 Å². The first-order valence-electron chi connectivity index (χ1n) is 11.2. The molecule has 38 heavy (non-hydrogen) atoms. The van der Waals surface area contributed by atoms with E-state index in [1.165, 1.54) is 13.2 Å². The summed E-state index contributed by atoms with van der Waals surface area (Å²) in [6.07, 6.45) is -5.74. The van der Waals surface area contributed by atoms with E-state index in [0.717, 1.165) is 0 Å². The van der Waals surface area contributed by atoms with Crippen molar-refractivity contribution in [2.75, 3.05) is 38.3 Å². The molecule has 0 saturated carbocycles. The highest BCUT2D eigenvalue weighted by Crippen LogP contribution is 2.46. The van der Waals surface area contributed by atoms with Gasteiger partial charge in [0.25, 0.3) is 0 Å². The molecule has 2 aromatic heterocycles. The minimum absolute atomic E-state index is 0.0142. The largest absolute Gasteiger partial charge is 0.474 e. The second-order valence-electron chi connectivity index (χ2n) is 8.01. The predicted molar refractivity (Wildman–Crippen MR) is 126 cm³/mol. The van der Waals surface area contributed by atoms with Crippen molar-refractivity contribution in [2.24, 2.45) is 0 Å². The number of nitrogens with zero attached hydrogens (tertiary/aromatic N) is 4. The Morgan fingerprint density at radius 2 is 1.76 bits per heavy atom. The lowest BCUT2D eigenvalue weighted by molar-refractivity contribution is -0.139. The number of pyridine rings is 1. The first-order valence-corrected chi connectivity index (χ1v) is 11.2. The number of ether oxygens (including phenoxy) is 2. The molecule has 0 radical (unpaired) electrons. The fourth-order valence-electron chi connectivity index (χ4n) is 3.50. The van der Waals surface area contributed by atoms with Crippen molar-refractivity contribution in [3.05, 3.63) is 28.6 Å². The smallest absolute Gasteiger partial charge is 0.420 e. The molecule has 204 valence electrons. The van der Waals surface area contributed by atoms with Gasteiger partial charge in [0.2, 0.25) is 5.88 Å². The third kappa shape index (κ3) is 5.17. The summed E-state index contributed by atoms with van der Waals surface area (Å²) < 4.78 is 97.8. The van der Waals surface area contributed by atoms with E-state index in [1.807, 2.05) is 0 Å². The molecule has 0 aliphatic carbocycles. The maximum absolute atomic E-state index is 16.0. The molecule has 0 fully saturated rings. The van der Waals surface area contributed by atoms with E-state index >= 15 is 4.39 Å². The first-order chi connectivity index (χ1) is 17.9. The molecule has 0 aliphatic rings. The normalized spacial score (nSPS) is 12.3. The number of anilines is 2. The van der Waals surface area contributed by atoms with Gasteiger partial charge in [-0.15, -0.1) is 0 Å². The van der Waals surface area contributed by atoms with Gasteiger partial charge in [-0.2, -0.15) is 28.4 Å². The van der Waals surface area contributed by atoms with Gasteiger partial charge in [-0.1, -0.05) is 6.92 Å². The first kappa shape index (κ1) is 28.5. The summed E-state index contributed by atoms with van der Waals surface area (Å²) in [7, 11) is 2.87. The van der Waals surface area contributed by atoms with Crippen LogP contribution in [0.25, 0.3) is 22.2 Å². The molecule has 9 nitrogen and oxygen atoms in total. The van der Waals surface area contributed by atoms with E-state index < -0.39 is 69.2 Å². The maximum Gasteiger partial charge on any atom is 0.420 e. The standard InChI is InChI=1S/C23H23F6N7O2/c1-5-9(2)38-21-12-19(35-22(37-4)36-20(12)33-7-6-32-3)16(26)18(34-21)11-10(8-30)17(31)15(25)14(24)13(11)23(27,28)29/h9,32H,5-7,31H2,1-4H3,(H,33,35,36). The topological polar surface area (TPSA) is 131 Å². The van der Waals surface area contributed by atoms with Crippen LogP contribution in [0.3, 0.4) is 0 Å². The van der Waals surface area contributed by atoms with Crippen LogP contribution in [0.4, 0.5) is 37.8 Å². The Kier molecular flexibility index (Phi) is 8.35. The Morgan fingerprint density at radius 3 is 2.32 bits per heavy atom. The Hall–Kier alpha value is -4.06. The van der Waals surface area contributed by atoms with E-state index in [2.05, 4.69) is 25.6 Å². The number of benzene rings is 1. The van der Waals surface area contributed by atoms with Crippen molar-refractivity contribution >= 4 is 22.4 Å². The average molecular weight is 543 g/mol. The lowest BCUT2D eigenvalue weighted by atomic mass is 9.94. The van der Waals surface area contributed by atoms with Crippen molar-refractivity contribution in [3.8, 4) is 29.2 Å². The third-order valence-electron chi connectivity index (χ3n) is 5.52. The van der Waals surface area contributed by atoms with E-state index in [-0.39, 0.29) is 23.8 Å². The van der Waals surface area contributed by atoms with Crippen molar-refractivity contribution in [1.82, 2.24) is 20.3 Å². The molecule has 15 heteroatoms. The van der Waals surface area contributed by atoms with Crippen LogP contribution in [0, 0.1) is 28.8 Å². The molecule has 1 aromatic carbocycles. The fourth-order valence-corrected chi connectivity index (χ4v) is 3.50. The van der Waals surface area contributed by atoms with Gasteiger partial charge in [-0.3, -0.25) is 0 Å². The van der Waals surface area contributed by atoms with Gasteiger partial charge in [0.15, 0.2) is 17.5 Å². The lowest BCUT2D eigenvalue weighted by Crippen LogP contribution is -2.20. The SMILES string of the molecule is CCC(C)Oc1nc(-c2c(C#N)c(N)c(F)c(F)c2C(F)(F)F)c(F)c2nc(OC)nc(NCCNC)c12. The molecule has 4 N–H and O–H groups in total. The zero-order valence-corrected chi connectivity index (χ0v) is 20.6. The summed E-state index contributed by atoms with van der Waals surface area (Å²) in [5, 5.41) is 15.2. The summed E-state index contributed by atoms with van der Waals surface area (Å²) in [6, 6.07) is 0.937. The molecular formula is C23H23F6N7O2. The highest BCUT2D eigenvalue weighted by molar-refractivity contribution is 5.97. The number of nitriles is 1. The Balaban J connectivity index is 2.55. The van der Waals surface area contributed by atoms with Crippen LogP contribution in [0.5, 0.6) is 11.9 Å². The number of aromatic nitrogens is 3. The minimum Gasteiger partial charge on any atom is -0.474 e. The molecular weight excluding hydrogens is 520 g/mol. The summed E-state index contributed by atoms with van der Waals surface area (Å²) in [4.78, 5) is 12.0. The Labute approximate surface area is 213 Å². The number of alkyl halides is 3. The molecule has 3 rings (SSSR count). The molecule has 0 aliphatic heterocycles. The van der Waals surface area contributed by atoms with Crippen LogP contribution in [-0.4, -0.2) is 48.3 Å².